The van der Waals surface area contributed by atoms with Crippen LogP contribution in [0.1, 0.15) is 44.6 Å². The van der Waals surface area contributed by atoms with Crippen molar-refractivity contribution in [3.05, 3.63) is 23.7 Å². The minimum atomic E-state index is -0.863. The van der Waals surface area contributed by atoms with E-state index in [2.05, 4.69) is 0 Å². The third-order valence-electron chi connectivity index (χ3n) is 2.65. The first-order valence-corrected chi connectivity index (χ1v) is 5.44. The van der Waals surface area contributed by atoms with E-state index < -0.39 is 11.5 Å². The Morgan fingerprint density at radius 2 is 2.19 bits per heavy atom. The van der Waals surface area contributed by atoms with Crippen LogP contribution in [0, 0.1) is 0 Å². The van der Waals surface area contributed by atoms with Gasteiger partial charge in [-0.15, -0.1) is 0 Å². The normalized spacial score (nSPS) is 13.8. The summed E-state index contributed by atoms with van der Waals surface area (Å²) >= 11 is 0. The number of hydrogen-bond donors (Lipinski definition) is 2. The summed E-state index contributed by atoms with van der Waals surface area (Å²) in [6, 6.07) is 3.69. The van der Waals surface area contributed by atoms with Gasteiger partial charge in [-0.25, -0.2) is 0 Å². The molecule has 0 saturated carbocycles. The van der Waals surface area contributed by atoms with Gasteiger partial charge in [-0.3, -0.25) is 4.79 Å². The number of rotatable bonds is 5. The van der Waals surface area contributed by atoms with Crippen LogP contribution in [0.5, 0.6) is 0 Å². The van der Waals surface area contributed by atoms with Gasteiger partial charge in [0.05, 0.1) is 6.42 Å². The Balaban J connectivity index is 2.96. The fraction of sp³-hybridized carbons (Fsp3) is 0.583. The maximum absolute atomic E-state index is 10.8. The lowest BCUT2D eigenvalue weighted by Crippen LogP contribution is -2.40. The van der Waals surface area contributed by atoms with E-state index in [1.54, 1.807) is 0 Å². The Morgan fingerprint density at radius 3 is 2.56 bits per heavy atom. The first kappa shape index (κ1) is 12.8. The van der Waals surface area contributed by atoms with E-state index in [1.807, 2.05) is 32.9 Å². The first-order chi connectivity index (χ1) is 7.34. The number of furan rings is 1. The zero-order valence-electron chi connectivity index (χ0n) is 9.99. The Labute approximate surface area is 95.4 Å². The highest BCUT2D eigenvalue weighted by molar-refractivity contribution is 5.68. The van der Waals surface area contributed by atoms with Crippen molar-refractivity contribution >= 4 is 5.97 Å². The summed E-state index contributed by atoms with van der Waals surface area (Å²) in [7, 11) is 0. The number of aliphatic carboxylic acids is 1. The number of carboxylic acids is 1. The fourth-order valence-electron chi connectivity index (χ4n) is 1.68. The van der Waals surface area contributed by atoms with Gasteiger partial charge < -0.3 is 15.3 Å². The molecule has 1 atom stereocenters. The summed E-state index contributed by atoms with van der Waals surface area (Å²) in [5, 5.41) is 8.88. The van der Waals surface area contributed by atoms with Gasteiger partial charge in [0.25, 0.3) is 0 Å². The molecular formula is C12H19NO3. The van der Waals surface area contributed by atoms with Crippen LogP contribution in [0.3, 0.4) is 0 Å². The number of aryl methyl sites for hydroxylation is 1. The molecule has 4 nitrogen and oxygen atoms in total. The third kappa shape index (κ3) is 3.10. The number of carbonyl (C=O) groups is 1. The molecule has 0 aliphatic carbocycles. The van der Waals surface area contributed by atoms with Crippen LogP contribution in [0.4, 0.5) is 0 Å². The second-order valence-corrected chi connectivity index (χ2v) is 4.63. The molecule has 0 fully saturated rings. The number of nitrogens with two attached hydrogens (primary N) is 1. The minimum Gasteiger partial charge on any atom is -0.481 e. The molecule has 0 saturated heterocycles. The van der Waals surface area contributed by atoms with Crippen molar-refractivity contribution in [2.45, 2.75) is 45.1 Å². The molecule has 0 aromatic carbocycles. The smallest absolute Gasteiger partial charge is 0.304 e. The lowest BCUT2D eigenvalue weighted by molar-refractivity contribution is -0.138. The molecule has 4 heteroatoms. The summed E-state index contributed by atoms with van der Waals surface area (Å²) in [6.07, 6.45) is 0.783. The molecule has 0 bridgehead atoms. The average Bonchev–Trinajstić information content (AvgIpc) is 2.60. The summed E-state index contributed by atoms with van der Waals surface area (Å²) < 4.78 is 5.58. The van der Waals surface area contributed by atoms with Gasteiger partial charge in [-0.2, -0.15) is 0 Å². The fourth-order valence-corrected chi connectivity index (χ4v) is 1.68. The monoisotopic (exact) mass is 225 g/mol. The molecule has 0 amide bonds. The Hall–Kier alpha value is -1.29. The second-order valence-electron chi connectivity index (χ2n) is 4.63. The highest BCUT2D eigenvalue weighted by atomic mass is 16.4. The molecular weight excluding hydrogens is 206 g/mol. The number of carboxylic acid groups (broad SMARTS) is 1. The maximum atomic E-state index is 10.8. The molecule has 0 radical (unpaired) electrons. The van der Waals surface area contributed by atoms with E-state index in [1.165, 1.54) is 0 Å². The van der Waals surface area contributed by atoms with Gasteiger partial charge >= 0.3 is 5.97 Å². The molecule has 90 valence electrons. The van der Waals surface area contributed by atoms with Gasteiger partial charge in [0.2, 0.25) is 0 Å². The molecule has 1 heterocycles. The van der Waals surface area contributed by atoms with E-state index in [9.17, 15) is 4.79 Å². The molecule has 1 rings (SSSR count). The van der Waals surface area contributed by atoms with Crippen LogP contribution < -0.4 is 5.73 Å². The van der Waals surface area contributed by atoms with Crippen molar-refractivity contribution in [1.82, 2.24) is 0 Å². The van der Waals surface area contributed by atoms with E-state index in [0.29, 0.717) is 5.76 Å². The van der Waals surface area contributed by atoms with Crippen LogP contribution in [-0.4, -0.2) is 16.6 Å². The summed E-state index contributed by atoms with van der Waals surface area (Å²) in [6.45, 7) is 5.62. The van der Waals surface area contributed by atoms with Crippen molar-refractivity contribution in [3.8, 4) is 0 Å². The maximum Gasteiger partial charge on any atom is 0.304 e. The molecule has 1 aromatic rings. The van der Waals surface area contributed by atoms with Crippen molar-refractivity contribution in [1.29, 1.82) is 0 Å². The molecule has 1 unspecified atom stereocenters. The Morgan fingerprint density at radius 1 is 1.56 bits per heavy atom. The zero-order valence-corrected chi connectivity index (χ0v) is 9.99. The van der Waals surface area contributed by atoms with Gasteiger partial charge in [0, 0.05) is 17.9 Å². The van der Waals surface area contributed by atoms with Crippen molar-refractivity contribution in [3.63, 3.8) is 0 Å². The van der Waals surface area contributed by atoms with Crippen LogP contribution in [0.25, 0.3) is 0 Å². The van der Waals surface area contributed by atoms with E-state index in [4.69, 9.17) is 15.3 Å². The predicted octanol–water partition coefficient (Wildman–Crippen LogP) is 2.14. The van der Waals surface area contributed by atoms with Crippen LogP contribution in [-0.2, 0) is 11.2 Å². The SMILES string of the molecule is CCc1ccc(C(CC(=O)O)C(C)(C)N)o1. The predicted molar refractivity (Wildman–Crippen MR) is 61.3 cm³/mol. The van der Waals surface area contributed by atoms with Crippen molar-refractivity contribution in [2.75, 3.05) is 0 Å². The molecule has 1 aromatic heterocycles. The largest absolute Gasteiger partial charge is 0.481 e. The topological polar surface area (TPSA) is 76.5 Å². The minimum absolute atomic E-state index is 0.0137. The molecule has 16 heavy (non-hydrogen) atoms. The summed E-state index contributed by atoms with van der Waals surface area (Å²) in [5.74, 6) is 0.352. The molecule has 0 aliphatic heterocycles. The highest BCUT2D eigenvalue weighted by Crippen LogP contribution is 2.31. The Kier molecular flexibility index (Phi) is 3.75. The van der Waals surface area contributed by atoms with Gasteiger partial charge in [0.15, 0.2) is 0 Å². The summed E-state index contributed by atoms with van der Waals surface area (Å²) in [4.78, 5) is 10.8. The average molecular weight is 225 g/mol. The van der Waals surface area contributed by atoms with Crippen molar-refractivity contribution in [2.24, 2.45) is 5.73 Å². The Bertz CT molecular complexity index is 363. The second kappa shape index (κ2) is 4.70. The molecule has 3 N–H and O–H groups in total. The van der Waals surface area contributed by atoms with E-state index in [0.717, 1.165) is 12.2 Å². The van der Waals surface area contributed by atoms with Crippen LogP contribution >= 0.6 is 0 Å². The van der Waals surface area contributed by atoms with Crippen LogP contribution in [0.2, 0.25) is 0 Å². The molecule has 0 aliphatic rings. The van der Waals surface area contributed by atoms with E-state index in [-0.39, 0.29) is 12.3 Å². The highest BCUT2D eigenvalue weighted by Gasteiger charge is 2.31. The quantitative estimate of drug-likeness (QED) is 0.804. The van der Waals surface area contributed by atoms with Gasteiger partial charge in [-0.05, 0) is 26.0 Å². The standard InChI is InChI=1S/C12H19NO3/c1-4-8-5-6-10(16-8)9(7-11(14)15)12(2,3)13/h5-6,9H,4,7,13H2,1-3H3,(H,14,15). The summed E-state index contributed by atoms with van der Waals surface area (Å²) in [5.41, 5.74) is 5.38. The zero-order chi connectivity index (χ0) is 12.3. The lowest BCUT2D eigenvalue weighted by atomic mass is 9.84. The van der Waals surface area contributed by atoms with Crippen LogP contribution in [0.15, 0.2) is 16.5 Å². The number of hydrogen-bond acceptors (Lipinski definition) is 3. The van der Waals surface area contributed by atoms with Gasteiger partial charge in [-0.1, -0.05) is 6.92 Å². The van der Waals surface area contributed by atoms with Crippen molar-refractivity contribution < 1.29 is 14.3 Å². The lowest BCUT2D eigenvalue weighted by Gasteiger charge is -2.27. The third-order valence-corrected chi connectivity index (χ3v) is 2.65. The van der Waals surface area contributed by atoms with E-state index >= 15 is 0 Å². The first-order valence-electron chi connectivity index (χ1n) is 5.44. The molecule has 0 spiro atoms. The van der Waals surface area contributed by atoms with Gasteiger partial charge in [0.1, 0.15) is 11.5 Å².